The summed E-state index contributed by atoms with van der Waals surface area (Å²) in [7, 11) is 0. The van der Waals surface area contributed by atoms with E-state index in [1.54, 1.807) is 20.8 Å². The Morgan fingerprint density at radius 1 is 0.730 bits per heavy atom. The molecule has 11 nitrogen and oxygen atoms in total. The molecule has 11 heteroatoms. The summed E-state index contributed by atoms with van der Waals surface area (Å²) in [5.41, 5.74) is 20.8. The van der Waals surface area contributed by atoms with E-state index in [0.717, 1.165) is 19.3 Å². The molecule has 0 aliphatic carbocycles. The highest BCUT2D eigenvalue weighted by Crippen LogP contribution is 2.26. The maximum atomic E-state index is 11.9. The van der Waals surface area contributed by atoms with Crippen molar-refractivity contribution in [3.63, 3.8) is 0 Å². The van der Waals surface area contributed by atoms with Crippen molar-refractivity contribution in [3.05, 3.63) is 36.5 Å². The average Bonchev–Trinajstić information content (AvgIpc) is 2.83. The van der Waals surface area contributed by atoms with Crippen molar-refractivity contribution in [2.75, 3.05) is 32.9 Å². The van der Waals surface area contributed by atoms with Crippen LogP contribution in [0.25, 0.3) is 0 Å². The van der Waals surface area contributed by atoms with Gasteiger partial charge in [-0.1, -0.05) is 19.7 Å². The van der Waals surface area contributed by atoms with Crippen LogP contribution < -0.4 is 17.2 Å². The summed E-state index contributed by atoms with van der Waals surface area (Å²) in [6.07, 6.45) is 2.12. The second-order valence-corrected chi connectivity index (χ2v) is 9.53. The molecule has 0 aromatic carbocycles. The van der Waals surface area contributed by atoms with Gasteiger partial charge in [0.2, 0.25) is 0 Å². The molecule has 210 valence electrons. The summed E-state index contributed by atoms with van der Waals surface area (Å²) in [6, 6.07) is 0. The maximum absolute atomic E-state index is 11.9. The van der Waals surface area contributed by atoms with Gasteiger partial charge in [-0.25, -0.2) is 14.4 Å². The van der Waals surface area contributed by atoms with Gasteiger partial charge in [0.15, 0.2) is 0 Å². The van der Waals surface area contributed by atoms with E-state index in [4.69, 9.17) is 31.4 Å². The van der Waals surface area contributed by atoms with Gasteiger partial charge in [0.05, 0.1) is 18.9 Å². The molecule has 0 amide bonds. The lowest BCUT2D eigenvalue weighted by molar-refractivity contribution is -0.142. The Kier molecular flexibility index (Phi) is 14.3. The highest BCUT2D eigenvalue weighted by molar-refractivity contribution is 5.87. The van der Waals surface area contributed by atoms with Crippen molar-refractivity contribution in [2.24, 2.45) is 23.1 Å². The number of nitrogens with two attached hydrogens (primary N) is 3. The molecule has 1 heterocycles. The Labute approximate surface area is 220 Å². The lowest BCUT2D eigenvalue weighted by atomic mass is 9.91. The first-order valence-corrected chi connectivity index (χ1v) is 12.6. The average molecular weight is 524 g/mol. The molecule has 1 aliphatic rings. The van der Waals surface area contributed by atoms with Gasteiger partial charge in [-0.15, -0.1) is 0 Å². The number of esters is 3. The number of rotatable bonds is 14. The number of carbonyl (C=O) groups is 3. The standard InChI is InChI=1S/C26H45N5O6/c1-17(2)23(32)35-14-8-7-9-20-10-11-21(27)30(12-15-36-24(33)18(3)4)26(29)31(22(20)28)13-16-37-25(34)19(5)6/h20-22,26H,1,3,5,7-16,27-29H2,2,4,6H3. The van der Waals surface area contributed by atoms with E-state index < -0.39 is 36.5 Å². The normalized spacial score (nSPS) is 22.9. The lowest BCUT2D eigenvalue weighted by Gasteiger charge is -2.47. The molecule has 1 rings (SSSR count). The van der Waals surface area contributed by atoms with Crippen LogP contribution in [0.4, 0.5) is 0 Å². The van der Waals surface area contributed by atoms with Gasteiger partial charge in [0.25, 0.3) is 0 Å². The highest BCUT2D eigenvalue weighted by atomic mass is 16.5. The molecule has 1 fully saturated rings. The second-order valence-electron chi connectivity index (χ2n) is 9.53. The van der Waals surface area contributed by atoms with Gasteiger partial charge in [-0.2, -0.15) is 0 Å². The van der Waals surface area contributed by atoms with E-state index in [9.17, 15) is 14.4 Å². The Balaban J connectivity index is 2.88. The Morgan fingerprint density at radius 3 is 1.68 bits per heavy atom. The molecule has 0 aromatic rings. The minimum atomic E-state index is -0.698. The molecule has 37 heavy (non-hydrogen) atoms. The van der Waals surface area contributed by atoms with E-state index in [0.29, 0.717) is 42.7 Å². The molecule has 4 unspecified atom stereocenters. The summed E-state index contributed by atoms with van der Waals surface area (Å²) in [4.78, 5) is 38.9. The Hall–Kier alpha value is -2.57. The molecule has 6 N–H and O–H groups in total. The van der Waals surface area contributed by atoms with E-state index >= 15 is 0 Å². The summed E-state index contributed by atoms with van der Waals surface area (Å²) in [5.74, 6) is -1.31. The van der Waals surface area contributed by atoms with Gasteiger partial charge in [-0.05, 0) is 58.8 Å². The third kappa shape index (κ3) is 11.1. The number of hydrogen-bond acceptors (Lipinski definition) is 11. The predicted octanol–water partition coefficient (Wildman–Crippen LogP) is 1.34. The number of hydrogen-bond donors (Lipinski definition) is 3. The van der Waals surface area contributed by atoms with Gasteiger partial charge >= 0.3 is 17.9 Å². The zero-order valence-electron chi connectivity index (χ0n) is 22.6. The van der Waals surface area contributed by atoms with Crippen LogP contribution in [0.5, 0.6) is 0 Å². The minimum absolute atomic E-state index is 0.0641. The van der Waals surface area contributed by atoms with Gasteiger partial charge in [0, 0.05) is 29.8 Å². The fraction of sp³-hybridized carbons (Fsp3) is 0.654. The molecule has 0 bridgehead atoms. The van der Waals surface area contributed by atoms with Crippen molar-refractivity contribution >= 4 is 17.9 Å². The van der Waals surface area contributed by atoms with Crippen LogP contribution in [0.1, 0.15) is 52.9 Å². The first kappa shape index (κ1) is 32.5. The predicted molar refractivity (Wildman–Crippen MR) is 141 cm³/mol. The number of carbonyl (C=O) groups excluding carboxylic acids is 3. The first-order valence-electron chi connectivity index (χ1n) is 12.6. The zero-order chi connectivity index (χ0) is 28.1. The quantitative estimate of drug-likeness (QED) is 0.130. The summed E-state index contributed by atoms with van der Waals surface area (Å²) < 4.78 is 15.7. The van der Waals surface area contributed by atoms with Gasteiger partial charge < -0.3 is 31.4 Å². The fourth-order valence-electron chi connectivity index (χ4n) is 3.98. The van der Waals surface area contributed by atoms with Gasteiger partial charge in [0.1, 0.15) is 19.5 Å². The third-order valence-corrected chi connectivity index (χ3v) is 6.22. The summed E-state index contributed by atoms with van der Waals surface area (Å²) >= 11 is 0. The van der Waals surface area contributed by atoms with Crippen molar-refractivity contribution in [1.82, 2.24) is 9.80 Å². The Morgan fingerprint density at radius 2 is 1.19 bits per heavy atom. The molecular weight excluding hydrogens is 478 g/mol. The molecule has 4 atom stereocenters. The van der Waals surface area contributed by atoms with E-state index in [2.05, 4.69) is 19.7 Å². The SMILES string of the molecule is C=C(C)C(=O)OCCCCC1CCC(N)N(CCOC(=O)C(=C)C)C(N)N(CCOC(=O)C(=C)C)C1N. The van der Waals surface area contributed by atoms with Crippen molar-refractivity contribution < 1.29 is 28.6 Å². The van der Waals surface area contributed by atoms with Crippen LogP contribution in [-0.4, -0.2) is 79.2 Å². The minimum Gasteiger partial charge on any atom is -0.462 e. The maximum Gasteiger partial charge on any atom is 0.333 e. The number of unbranched alkanes of at least 4 members (excludes halogenated alkanes) is 1. The molecule has 0 radical (unpaired) electrons. The van der Waals surface area contributed by atoms with Crippen LogP contribution in [0.15, 0.2) is 36.5 Å². The van der Waals surface area contributed by atoms with Crippen molar-refractivity contribution in [1.29, 1.82) is 0 Å². The van der Waals surface area contributed by atoms with E-state index in [1.165, 1.54) is 0 Å². The van der Waals surface area contributed by atoms with Crippen LogP contribution in [0.2, 0.25) is 0 Å². The molecule has 0 saturated carbocycles. The topological polar surface area (TPSA) is 163 Å². The number of ether oxygens (including phenoxy) is 3. The van der Waals surface area contributed by atoms with E-state index in [1.807, 2.05) is 9.80 Å². The largest absolute Gasteiger partial charge is 0.462 e. The Bertz CT molecular complexity index is 832. The lowest BCUT2D eigenvalue weighted by Crippen LogP contribution is -2.67. The zero-order valence-corrected chi connectivity index (χ0v) is 22.6. The van der Waals surface area contributed by atoms with E-state index in [-0.39, 0.29) is 25.7 Å². The van der Waals surface area contributed by atoms with Crippen molar-refractivity contribution in [2.45, 2.75) is 71.5 Å². The van der Waals surface area contributed by atoms with Gasteiger partial charge in [-0.3, -0.25) is 9.80 Å². The molecule has 1 aliphatic heterocycles. The summed E-state index contributed by atoms with van der Waals surface area (Å²) in [5, 5.41) is 0. The first-order chi connectivity index (χ1) is 17.4. The molecule has 0 aromatic heterocycles. The second kappa shape index (κ2) is 16.3. The van der Waals surface area contributed by atoms with Crippen LogP contribution >= 0.6 is 0 Å². The smallest absolute Gasteiger partial charge is 0.333 e. The van der Waals surface area contributed by atoms with Crippen LogP contribution in [-0.2, 0) is 28.6 Å². The van der Waals surface area contributed by atoms with Crippen molar-refractivity contribution in [3.8, 4) is 0 Å². The molecule has 0 spiro atoms. The van der Waals surface area contributed by atoms with Crippen LogP contribution in [0, 0.1) is 5.92 Å². The fourth-order valence-corrected chi connectivity index (χ4v) is 3.98. The molecule has 1 saturated heterocycles. The highest BCUT2D eigenvalue weighted by Gasteiger charge is 2.36. The number of nitrogens with zero attached hydrogens (tertiary/aromatic N) is 2. The molecular formula is C26H45N5O6. The van der Waals surface area contributed by atoms with Crippen LogP contribution in [0.3, 0.4) is 0 Å². The monoisotopic (exact) mass is 523 g/mol. The third-order valence-electron chi connectivity index (χ3n) is 6.22. The summed E-state index contributed by atoms with van der Waals surface area (Å²) in [6.45, 7) is 16.6.